The number of benzene rings is 1. The average Bonchev–Trinajstić information content (AvgIpc) is 3.24. The number of halogens is 3. The number of hydrogen-bond donors (Lipinski definition) is 1. The number of piperidine rings is 1. The van der Waals surface area contributed by atoms with Gasteiger partial charge in [0.25, 0.3) is 0 Å². The molecule has 1 aromatic carbocycles. The third-order valence-corrected chi connectivity index (χ3v) is 6.14. The van der Waals surface area contributed by atoms with Crippen LogP contribution in [-0.4, -0.2) is 52.6 Å². The van der Waals surface area contributed by atoms with Gasteiger partial charge in [0.15, 0.2) is 0 Å². The molecular weight excluding hydrogens is 431 g/mol. The summed E-state index contributed by atoms with van der Waals surface area (Å²) in [7, 11) is 1.87. The lowest BCUT2D eigenvalue weighted by Gasteiger charge is -2.42. The van der Waals surface area contributed by atoms with Gasteiger partial charge < -0.3 is 29.8 Å². The highest BCUT2D eigenvalue weighted by Crippen LogP contribution is 2.38. The van der Waals surface area contributed by atoms with E-state index in [2.05, 4.69) is 19.9 Å². The molecule has 9 nitrogen and oxygen atoms in total. The smallest absolute Gasteiger partial charge is 0.436 e. The first kappa shape index (κ1) is 22.2. The second-order valence-electron chi connectivity index (χ2n) is 8.31. The molecule has 0 saturated carbocycles. The topological polar surface area (TPSA) is 94.7 Å². The molecule has 0 amide bonds. The van der Waals surface area contributed by atoms with Crippen molar-refractivity contribution >= 4 is 11.5 Å². The molecule has 2 aromatic rings. The van der Waals surface area contributed by atoms with Crippen LogP contribution in [0.25, 0.3) is 0 Å². The average molecular weight is 455 g/mol. The summed E-state index contributed by atoms with van der Waals surface area (Å²) in [6, 6.07) is 6.14. The fourth-order valence-corrected chi connectivity index (χ4v) is 4.80. The lowest BCUT2D eigenvalue weighted by Crippen LogP contribution is -2.57. The van der Waals surface area contributed by atoms with E-state index in [1.54, 1.807) is 16.7 Å². The zero-order valence-corrected chi connectivity index (χ0v) is 17.6. The van der Waals surface area contributed by atoms with E-state index in [9.17, 15) is 23.3 Å². The standard InChI is InChI=1S/C20H24F3N5O4/c1-19(12-27-11-16(28(29)30)25-18(27)32-19)17(24-2)13-7-9-26(10-8-13)14-3-5-15(6-4-14)31-20(21,22)23/h3-6,11,13,17,24H,7-10,12H2,1-2H3. The summed E-state index contributed by atoms with van der Waals surface area (Å²) in [5, 5.41) is 14.3. The number of imidazole rings is 1. The molecule has 2 aliphatic rings. The number of nitrogens with zero attached hydrogens (tertiary/aromatic N) is 4. The summed E-state index contributed by atoms with van der Waals surface area (Å²) >= 11 is 0. The number of nitro groups is 1. The van der Waals surface area contributed by atoms with Crippen LogP contribution in [0.1, 0.15) is 19.8 Å². The molecule has 1 saturated heterocycles. The zero-order chi connectivity index (χ0) is 23.1. The van der Waals surface area contributed by atoms with Crippen molar-refractivity contribution in [1.82, 2.24) is 14.9 Å². The van der Waals surface area contributed by atoms with Crippen LogP contribution in [0.5, 0.6) is 11.8 Å². The van der Waals surface area contributed by atoms with E-state index < -0.39 is 16.9 Å². The number of aromatic nitrogens is 2. The Bertz CT molecular complexity index is 947. The largest absolute Gasteiger partial charge is 0.573 e. The van der Waals surface area contributed by atoms with Crippen LogP contribution in [0.3, 0.4) is 0 Å². The molecule has 32 heavy (non-hydrogen) atoms. The minimum Gasteiger partial charge on any atom is -0.436 e. The van der Waals surface area contributed by atoms with Gasteiger partial charge in [0.2, 0.25) is 0 Å². The summed E-state index contributed by atoms with van der Waals surface area (Å²) in [6.45, 7) is 3.92. The Balaban J connectivity index is 1.37. The molecule has 174 valence electrons. The molecule has 2 aliphatic heterocycles. The first-order valence-corrected chi connectivity index (χ1v) is 10.3. The van der Waals surface area contributed by atoms with Gasteiger partial charge in [-0.15, -0.1) is 13.2 Å². The normalized spacial score (nSPS) is 22.3. The van der Waals surface area contributed by atoms with Crippen LogP contribution in [0.15, 0.2) is 30.5 Å². The number of likely N-dealkylation sites (N-methyl/N-ethyl adjacent to an activating group) is 1. The van der Waals surface area contributed by atoms with E-state index in [-0.39, 0.29) is 29.5 Å². The summed E-state index contributed by atoms with van der Waals surface area (Å²) in [4.78, 5) is 16.5. The molecule has 3 heterocycles. The van der Waals surface area contributed by atoms with E-state index in [1.165, 1.54) is 18.3 Å². The van der Waals surface area contributed by atoms with Gasteiger partial charge >= 0.3 is 18.2 Å². The molecule has 0 spiro atoms. The van der Waals surface area contributed by atoms with Crippen LogP contribution >= 0.6 is 0 Å². The van der Waals surface area contributed by atoms with Gasteiger partial charge in [-0.05, 0) is 61.9 Å². The molecule has 2 unspecified atom stereocenters. The SMILES string of the molecule is CNC(C1CCN(c2ccc(OC(F)(F)F)cc2)CC1)C1(C)Cn2cc([N+](=O)[O-])nc2O1. The number of anilines is 1. The Morgan fingerprint density at radius 3 is 2.50 bits per heavy atom. The van der Waals surface area contributed by atoms with Crippen LogP contribution in [0, 0.1) is 16.0 Å². The highest BCUT2D eigenvalue weighted by atomic mass is 19.4. The first-order chi connectivity index (χ1) is 15.1. The van der Waals surface area contributed by atoms with Crippen molar-refractivity contribution in [3.63, 3.8) is 0 Å². The van der Waals surface area contributed by atoms with E-state index in [0.717, 1.165) is 31.6 Å². The summed E-state index contributed by atoms with van der Waals surface area (Å²) in [6.07, 6.45) is -1.61. The molecular formula is C20H24F3N5O4. The van der Waals surface area contributed by atoms with Crippen molar-refractivity contribution in [2.45, 2.75) is 44.3 Å². The molecule has 4 rings (SSSR count). The quantitative estimate of drug-likeness (QED) is 0.527. The Kier molecular flexibility index (Phi) is 5.65. The van der Waals surface area contributed by atoms with Crippen molar-refractivity contribution in [3.8, 4) is 11.8 Å². The van der Waals surface area contributed by atoms with Crippen LogP contribution < -0.4 is 19.7 Å². The molecule has 2 atom stereocenters. The molecule has 1 fully saturated rings. The fourth-order valence-electron chi connectivity index (χ4n) is 4.80. The van der Waals surface area contributed by atoms with Gasteiger partial charge in [-0.25, -0.2) is 0 Å². The number of alkyl halides is 3. The van der Waals surface area contributed by atoms with Crippen molar-refractivity contribution < 1.29 is 27.6 Å². The van der Waals surface area contributed by atoms with Crippen LogP contribution in [-0.2, 0) is 6.54 Å². The lowest BCUT2D eigenvalue weighted by molar-refractivity contribution is -0.389. The third-order valence-electron chi connectivity index (χ3n) is 6.14. The molecule has 0 bridgehead atoms. The molecule has 1 N–H and O–H groups in total. The predicted molar refractivity (Wildman–Crippen MR) is 109 cm³/mol. The molecule has 0 radical (unpaired) electrons. The number of fused-ring (bicyclic) bond motifs is 1. The summed E-state index contributed by atoms with van der Waals surface area (Å²) in [5.41, 5.74) is 0.241. The monoisotopic (exact) mass is 455 g/mol. The van der Waals surface area contributed by atoms with Gasteiger partial charge in [-0.2, -0.15) is 0 Å². The fraction of sp³-hybridized carbons (Fsp3) is 0.550. The second kappa shape index (κ2) is 8.15. The van der Waals surface area contributed by atoms with Gasteiger partial charge in [0.05, 0.1) is 12.6 Å². The Morgan fingerprint density at radius 1 is 1.31 bits per heavy atom. The van der Waals surface area contributed by atoms with Crippen molar-refractivity contribution in [3.05, 3.63) is 40.6 Å². The van der Waals surface area contributed by atoms with E-state index in [1.807, 2.05) is 14.0 Å². The van der Waals surface area contributed by atoms with Crippen LogP contribution in [0.2, 0.25) is 0 Å². The number of nitrogens with one attached hydrogen (secondary N) is 1. The Hall–Kier alpha value is -3.02. The maximum atomic E-state index is 12.3. The maximum Gasteiger partial charge on any atom is 0.573 e. The first-order valence-electron chi connectivity index (χ1n) is 10.3. The number of ether oxygens (including phenoxy) is 2. The lowest BCUT2D eigenvalue weighted by atomic mass is 9.80. The van der Waals surface area contributed by atoms with E-state index >= 15 is 0 Å². The molecule has 0 aliphatic carbocycles. The highest BCUT2D eigenvalue weighted by molar-refractivity contribution is 5.49. The molecule has 12 heteroatoms. The van der Waals surface area contributed by atoms with Crippen molar-refractivity contribution in [2.24, 2.45) is 5.92 Å². The summed E-state index contributed by atoms with van der Waals surface area (Å²) in [5.74, 6) is -0.188. The van der Waals surface area contributed by atoms with Gasteiger partial charge in [-0.1, -0.05) is 0 Å². The highest BCUT2D eigenvalue weighted by Gasteiger charge is 2.48. The number of rotatable bonds is 6. The second-order valence-corrected chi connectivity index (χ2v) is 8.31. The maximum absolute atomic E-state index is 12.3. The van der Waals surface area contributed by atoms with Gasteiger partial charge in [0.1, 0.15) is 17.5 Å². The third kappa shape index (κ3) is 4.45. The van der Waals surface area contributed by atoms with E-state index in [4.69, 9.17) is 4.74 Å². The Labute approximate surface area is 182 Å². The predicted octanol–water partition coefficient (Wildman–Crippen LogP) is 3.35. The van der Waals surface area contributed by atoms with Gasteiger partial charge in [-0.3, -0.25) is 4.57 Å². The minimum absolute atomic E-state index is 0.00651. The van der Waals surface area contributed by atoms with Crippen molar-refractivity contribution in [2.75, 3.05) is 25.0 Å². The van der Waals surface area contributed by atoms with Gasteiger partial charge in [0, 0.05) is 23.8 Å². The Morgan fingerprint density at radius 2 is 1.97 bits per heavy atom. The van der Waals surface area contributed by atoms with Crippen molar-refractivity contribution in [1.29, 1.82) is 0 Å². The molecule has 1 aromatic heterocycles. The van der Waals surface area contributed by atoms with E-state index in [0.29, 0.717) is 6.54 Å². The number of hydrogen-bond acceptors (Lipinski definition) is 7. The summed E-state index contributed by atoms with van der Waals surface area (Å²) < 4.78 is 48.7. The minimum atomic E-state index is -4.71. The van der Waals surface area contributed by atoms with Crippen LogP contribution in [0.4, 0.5) is 24.7 Å². The zero-order valence-electron chi connectivity index (χ0n) is 17.6.